The topological polar surface area (TPSA) is 47.0 Å². The summed E-state index contributed by atoms with van der Waals surface area (Å²) in [7, 11) is 1.65. The molecule has 1 aromatic carbocycles. The Morgan fingerprint density at radius 3 is 2.90 bits per heavy atom. The lowest BCUT2D eigenvalue weighted by atomic mass is 10.2. The van der Waals surface area contributed by atoms with Crippen LogP contribution < -0.4 is 10.1 Å². The zero-order valence-electron chi connectivity index (χ0n) is 11.3. The molecule has 0 atom stereocenters. The summed E-state index contributed by atoms with van der Waals surface area (Å²) in [5.41, 5.74) is 2.00. The van der Waals surface area contributed by atoms with Crippen LogP contribution >= 0.6 is 15.9 Å². The van der Waals surface area contributed by atoms with Crippen molar-refractivity contribution in [3.63, 3.8) is 0 Å². The first-order chi connectivity index (χ1) is 9.76. The lowest BCUT2D eigenvalue weighted by molar-refractivity contribution is 0.412. The first-order valence-corrected chi connectivity index (χ1v) is 7.45. The van der Waals surface area contributed by atoms with Crippen molar-refractivity contribution >= 4 is 15.9 Å². The fourth-order valence-electron chi connectivity index (χ4n) is 1.98. The molecule has 1 aromatic heterocycles. The number of benzene rings is 1. The number of ether oxygens (including phenoxy) is 1. The third kappa shape index (κ3) is 3.16. The molecule has 5 heteroatoms. The maximum Gasteiger partial charge on any atom is 0.159 e. The van der Waals surface area contributed by atoms with E-state index in [0.717, 1.165) is 33.8 Å². The maximum absolute atomic E-state index is 5.23. The molecular formula is C15H16BrN3O. The van der Waals surface area contributed by atoms with E-state index in [2.05, 4.69) is 31.2 Å². The van der Waals surface area contributed by atoms with Gasteiger partial charge in [-0.25, -0.2) is 9.97 Å². The van der Waals surface area contributed by atoms with E-state index in [9.17, 15) is 0 Å². The van der Waals surface area contributed by atoms with E-state index in [1.54, 1.807) is 7.11 Å². The average molecular weight is 334 g/mol. The molecule has 0 radical (unpaired) electrons. The normalized spacial score (nSPS) is 14.3. The number of nitrogens with zero attached hydrogens (tertiary/aromatic N) is 2. The number of nitrogens with one attached hydrogen (secondary N) is 1. The fourth-order valence-corrected chi connectivity index (χ4v) is 2.52. The van der Waals surface area contributed by atoms with Crippen LogP contribution in [-0.2, 0) is 6.54 Å². The zero-order chi connectivity index (χ0) is 13.9. The van der Waals surface area contributed by atoms with Crippen molar-refractivity contribution in [3.05, 3.63) is 40.6 Å². The summed E-state index contributed by atoms with van der Waals surface area (Å²) < 4.78 is 6.14. The largest absolute Gasteiger partial charge is 0.496 e. The van der Waals surface area contributed by atoms with E-state index in [4.69, 9.17) is 4.74 Å². The van der Waals surface area contributed by atoms with Gasteiger partial charge in [0.1, 0.15) is 5.75 Å². The van der Waals surface area contributed by atoms with Crippen LogP contribution in [0, 0.1) is 0 Å². The molecule has 104 valence electrons. The first-order valence-electron chi connectivity index (χ1n) is 6.65. The van der Waals surface area contributed by atoms with E-state index < -0.39 is 0 Å². The van der Waals surface area contributed by atoms with Gasteiger partial charge in [0.15, 0.2) is 5.82 Å². The number of aromatic nitrogens is 2. The molecule has 2 aromatic rings. The highest BCUT2D eigenvalue weighted by atomic mass is 79.9. The Labute approximate surface area is 126 Å². The monoisotopic (exact) mass is 333 g/mol. The van der Waals surface area contributed by atoms with Gasteiger partial charge >= 0.3 is 0 Å². The van der Waals surface area contributed by atoms with Gasteiger partial charge in [0.05, 0.1) is 17.3 Å². The fraction of sp³-hybridized carbons (Fsp3) is 0.333. The van der Waals surface area contributed by atoms with Gasteiger partial charge in [-0.05, 0) is 53.0 Å². The molecule has 0 spiro atoms. The van der Waals surface area contributed by atoms with Gasteiger partial charge in [-0.15, -0.1) is 0 Å². The van der Waals surface area contributed by atoms with Crippen molar-refractivity contribution in [2.24, 2.45) is 0 Å². The van der Waals surface area contributed by atoms with Crippen LogP contribution in [0.15, 0.2) is 34.9 Å². The molecule has 1 heterocycles. The lowest BCUT2D eigenvalue weighted by Gasteiger charge is -2.07. The van der Waals surface area contributed by atoms with Crippen LogP contribution in [0.5, 0.6) is 5.75 Å². The zero-order valence-corrected chi connectivity index (χ0v) is 12.9. The molecule has 20 heavy (non-hydrogen) atoms. The molecule has 1 aliphatic rings. The lowest BCUT2D eigenvalue weighted by Crippen LogP contribution is -2.16. The predicted molar refractivity (Wildman–Crippen MR) is 81.6 cm³/mol. The Balaban J connectivity index is 1.81. The van der Waals surface area contributed by atoms with Crippen LogP contribution in [0.3, 0.4) is 0 Å². The Morgan fingerprint density at radius 1 is 1.35 bits per heavy atom. The van der Waals surface area contributed by atoms with Crippen molar-refractivity contribution in [1.82, 2.24) is 15.3 Å². The molecule has 1 fully saturated rings. The molecular weight excluding hydrogens is 318 g/mol. The van der Waals surface area contributed by atoms with Crippen molar-refractivity contribution < 1.29 is 4.74 Å². The standard InChI is InChI=1S/C15H16BrN3O/c1-20-14-5-2-10(8-13(14)16)15-17-7-6-12(19-15)9-18-11-3-4-11/h2,5-8,11,18H,3-4,9H2,1H3. The Kier molecular flexibility index (Phi) is 3.98. The highest BCUT2D eigenvalue weighted by Crippen LogP contribution is 2.29. The number of rotatable bonds is 5. The number of hydrogen-bond donors (Lipinski definition) is 1. The Morgan fingerprint density at radius 2 is 2.20 bits per heavy atom. The van der Waals surface area contributed by atoms with Crippen LogP contribution in [0.2, 0.25) is 0 Å². The summed E-state index contributed by atoms with van der Waals surface area (Å²) >= 11 is 3.49. The summed E-state index contributed by atoms with van der Waals surface area (Å²) in [5.74, 6) is 1.55. The summed E-state index contributed by atoms with van der Waals surface area (Å²) in [6.45, 7) is 0.803. The second-order valence-electron chi connectivity index (χ2n) is 4.88. The first kappa shape index (κ1) is 13.5. The Bertz CT molecular complexity index is 614. The van der Waals surface area contributed by atoms with Gasteiger partial charge in [0, 0.05) is 24.3 Å². The Hall–Kier alpha value is -1.46. The van der Waals surface area contributed by atoms with Gasteiger partial charge in [-0.1, -0.05) is 0 Å². The number of hydrogen-bond acceptors (Lipinski definition) is 4. The van der Waals surface area contributed by atoms with Crippen LogP contribution in [-0.4, -0.2) is 23.1 Å². The molecule has 0 unspecified atom stereocenters. The molecule has 0 bridgehead atoms. The van der Waals surface area contributed by atoms with Gasteiger partial charge in [-0.2, -0.15) is 0 Å². The maximum atomic E-state index is 5.23. The second kappa shape index (κ2) is 5.89. The molecule has 0 saturated heterocycles. The van der Waals surface area contributed by atoms with Crippen molar-refractivity contribution in [2.75, 3.05) is 7.11 Å². The minimum absolute atomic E-state index is 0.684. The number of halogens is 1. The van der Waals surface area contributed by atoms with E-state index >= 15 is 0 Å². The molecule has 1 N–H and O–H groups in total. The minimum Gasteiger partial charge on any atom is -0.496 e. The van der Waals surface area contributed by atoms with E-state index in [-0.39, 0.29) is 0 Å². The molecule has 0 amide bonds. The SMILES string of the molecule is COc1ccc(-c2nccc(CNC3CC3)n2)cc1Br. The van der Waals surface area contributed by atoms with Crippen LogP contribution in [0.1, 0.15) is 18.5 Å². The van der Waals surface area contributed by atoms with E-state index in [0.29, 0.717) is 6.04 Å². The van der Waals surface area contributed by atoms with Crippen molar-refractivity contribution in [3.8, 4) is 17.1 Å². The minimum atomic E-state index is 0.684. The molecule has 0 aliphatic heterocycles. The molecule has 3 rings (SSSR count). The van der Waals surface area contributed by atoms with Gasteiger partial charge < -0.3 is 10.1 Å². The average Bonchev–Trinajstić information content (AvgIpc) is 3.29. The molecule has 1 saturated carbocycles. The van der Waals surface area contributed by atoms with Crippen molar-refractivity contribution in [2.45, 2.75) is 25.4 Å². The van der Waals surface area contributed by atoms with Crippen LogP contribution in [0.25, 0.3) is 11.4 Å². The summed E-state index contributed by atoms with van der Waals surface area (Å²) in [5, 5.41) is 3.46. The van der Waals surface area contributed by atoms with Gasteiger partial charge in [0.2, 0.25) is 0 Å². The van der Waals surface area contributed by atoms with Crippen LogP contribution in [0.4, 0.5) is 0 Å². The second-order valence-corrected chi connectivity index (χ2v) is 5.73. The highest BCUT2D eigenvalue weighted by Gasteiger charge is 2.20. The quantitative estimate of drug-likeness (QED) is 0.912. The highest BCUT2D eigenvalue weighted by molar-refractivity contribution is 9.10. The van der Waals surface area contributed by atoms with Gasteiger partial charge in [-0.3, -0.25) is 0 Å². The summed E-state index contributed by atoms with van der Waals surface area (Å²) in [6.07, 6.45) is 4.37. The molecule has 1 aliphatic carbocycles. The van der Waals surface area contributed by atoms with E-state index in [1.165, 1.54) is 12.8 Å². The third-order valence-corrected chi connectivity index (χ3v) is 3.89. The van der Waals surface area contributed by atoms with E-state index in [1.807, 2.05) is 30.5 Å². The third-order valence-electron chi connectivity index (χ3n) is 3.27. The summed E-state index contributed by atoms with van der Waals surface area (Å²) in [6, 6.07) is 8.50. The molecule has 4 nitrogen and oxygen atoms in total. The number of methoxy groups -OCH3 is 1. The smallest absolute Gasteiger partial charge is 0.159 e. The van der Waals surface area contributed by atoms with Crippen molar-refractivity contribution in [1.29, 1.82) is 0 Å². The summed E-state index contributed by atoms with van der Waals surface area (Å²) in [4.78, 5) is 8.95. The predicted octanol–water partition coefficient (Wildman–Crippen LogP) is 3.17. The van der Waals surface area contributed by atoms with Gasteiger partial charge in [0.25, 0.3) is 0 Å².